The molecule has 42 heavy (non-hydrogen) atoms. The van der Waals surface area contributed by atoms with Gasteiger partial charge in [0.25, 0.3) is 5.91 Å². The molecule has 2 aromatic carbocycles. The number of rotatable bonds is 11. The van der Waals surface area contributed by atoms with Crippen LogP contribution in [0, 0.1) is 18.7 Å². The monoisotopic (exact) mass is 577 g/mol. The topological polar surface area (TPSA) is 101 Å². The number of nitrogens with zero attached hydrogens (tertiary/aromatic N) is 4. The highest BCUT2D eigenvalue weighted by Crippen LogP contribution is 2.29. The molecule has 0 unspecified atom stereocenters. The quantitative estimate of drug-likeness (QED) is 0.331. The van der Waals surface area contributed by atoms with Gasteiger partial charge in [-0.1, -0.05) is 35.7 Å². The summed E-state index contributed by atoms with van der Waals surface area (Å²) in [4.78, 5) is 33.9. The standard InChI is InChI=1S/C32H40FN5O4/c1-22-7-5-10-25(19-22)31(39)34-23(2)32(40)38-16-14-37(15-17-38)13-6-18-41-26-11-12-27(28(33)21-26)30-35-29(42-36-30)20-24-8-3-4-9-24/h5,7,10-12,19,21,23-24H,3-4,6,8-9,13-18,20H2,1-2H3,(H,34,39)/t23-/m1/s1. The van der Waals surface area contributed by atoms with E-state index in [1.54, 1.807) is 30.0 Å². The van der Waals surface area contributed by atoms with Crippen LogP contribution in [-0.2, 0) is 11.2 Å². The van der Waals surface area contributed by atoms with Gasteiger partial charge in [-0.3, -0.25) is 14.5 Å². The fourth-order valence-electron chi connectivity index (χ4n) is 5.75. The fraction of sp³-hybridized carbons (Fsp3) is 0.500. The molecule has 0 radical (unpaired) electrons. The van der Waals surface area contributed by atoms with Gasteiger partial charge >= 0.3 is 0 Å². The minimum atomic E-state index is -0.594. The Morgan fingerprint density at radius 3 is 2.64 bits per heavy atom. The molecule has 5 rings (SSSR count). The number of piperazine rings is 1. The number of amides is 2. The van der Waals surface area contributed by atoms with Crippen molar-refractivity contribution in [1.29, 1.82) is 0 Å². The van der Waals surface area contributed by atoms with Gasteiger partial charge in [-0.05, 0) is 63.3 Å². The van der Waals surface area contributed by atoms with E-state index in [2.05, 4.69) is 20.4 Å². The Bertz CT molecular complexity index is 1360. The van der Waals surface area contributed by atoms with Gasteiger partial charge in [-0.2, -0.15) is 4.98 Å². The van der Waals surface area contributed by atoms with E-state index in [0.717, 1.165) is 38.0 Å². The Kier molecular flexibility index (Phi) is 9.84. The van der Waals surface area contributed by atoms with Crippen molar-refractivity contribution in [1.82, 2.24) is 25.3 Å². The van der Waals surface area contributed by atoms with Crippen LogP contribution in [-0.4, -0.2) is 77.1 Å². The molecule has 1 atom stereocenters. The summed E-state index contributed by atoms with van der Waals surface area (Å²) in [5.41, 5.74) is 1.85. The minimum Gasteiger partial charge on any atom is -0.493 e. The van der Waals surface area contributed by atoms with Crippen molar-refractivity contribution in [3.05, 3.63) is 65.3 Å². The Labute approximate surface area is 246 Å². The molecule has 3 aromatic rings. The molecule has 1 aromatic heterocycles. The van der Waals surface area contributed by atoms with Crippen molar-refractivity contribution in [3.63, 3.8) is 0 Å². The first-order chi connectivity index (χ1) is 20.4. The van der Waals surface area contributed by atoms with Gasteiger partial charge in [0.2, 0.25) is 17.6 Å². The lowest BCUT2D eigenvalue weighted by Crippen LogP contribution is -2.54. The minimum absolute atomic E-state index is 0.0738. The number of nitrogens with one attached hydrogen (secondary N) is 1. The number of ether oxygens (including phenoxy) is 1. The lowest BCUT2D eigenvalue weighted by atomic mass is 10.0. The van der Waals surface area contributed by atoms with E-state index in [1.807, 2.05) is 25.1 Å². The Morgan fingerprint density at radius 2 is 1.90 bits per heavy atom. The summed E-state index contributed by atoms with van der Waals surface area (Å²) in [6, 6.07) is 11.5. The molecule has 224 valence electrons. The van der Waals surface area contributed by atoms with E-state index < -0.39 is 11.9 Å². The zero-order valence-corrected chi connectivity index (χ0v) is 24.5. The normalized spacial score (nSPS) is 16.9. The Morgan fingerprint density at radius 1 is 1.12 bits per heavy atom. The number of aryl methyl sites for hydroxylation is 1. The molecule has 1 aliphatic carbocycles. The van der Waals surface area contributed by atoms with E-state index in [4.69, 9.17) is 9.26 Å². The van der Waals surface area contributed by atoms with Crippen LogP contribution in [0.25, 0.3) is 11.4 Å². The second kappa shape index (κ2) is 13.9. The molecule has 0 spiro atoms. The van der Waals surface area contributed by atoms with Crippen LogP contribution in [0.2, 0.25) is 0 Å². The number of halogens is 1. The van der Waals surface area contributed by atoms with Crippen molar-refractivity contribution in [3.8, 4) is 17.1 Å². The first kappa shape index (κ1) is 29.7. The molecule has 1 saturated heterocycles. The number of carbonyl (C=O) groups is 2. The third kappa shape index (κ3) is 7.73. The first-order valence-electron chi connectivity index (χ1n) is 15.0. The Hall–Kier alpha value is -3.79. The summed E-state index contributed by atoms with van der Waals surface area (Å²) >= 11 is 0. The van der Waals surface area contributed by atoms with E-state index in [-0.39, 0.29) is 17.6 Å². The van der Waals surface area contributed by atoms with Crippen LogP contribution in [0.5, 0.6) is 5.75 Å². The van der Waals surface area contributed by atoms with Crippen molar-refractivity contribution in [2.45, 2.75) is 58.4 Å². The van der Waals surface area contributed by atoms with Crippen molar-refractivity contribution < 1.29 is 23.2 Å². The van der Waals surface area contributed by atoms with Crippen LogP contribution < -0.4 is 10.1 Å². The van der Waals surface area contributed by atoms with Crippen molar-refractivity contribution in [2.75, 3.05) is 39.3 Å². The second-order valence-corrected chi connectivity index (χ2v) is 11.4. The predicted octanol–water partition coefficient (Wildman–Crippen LogP) is 4.65. The van der Waals surface area contributed by atoms with Gasteiger partial charge in [0, 0.05) is 50.8 Å². The highest BCUT2D eigenvalue weighted by molar-refractivity contribution is 5.97. The summed E-state index contributed by atoms with van der Waals surface area (Å²) in [5, 5.41) is 6.81. The average molecular weight is 578 g/mol. The summed E-state index contributed by atoms with van der Waals surface area (Å²) in [6.45, 7) is 7.64. The molecule has 0 bridgehead atoms. The fourth-order valence-corrected chi connectivity index (χ4v) is 5.75. The van der Waals surface area contributed by atoms with Crippen LogP contribution in [0.3, 0.4) is 0 Å². The summed E-state index contributed by atoms with van der Waals surface area (Å²) in [5.74, 6) is 1.13. The number of hydrogen-bond donors (Lipinski definition) is 1. The van der Waals surface area contributed by atoms with Gasteiger partial charge < -0.3 is 19.5 Å². The maximum absolute atomic E-state index is 14.8. The highest BCUT2D eigenvalue weighted by Gasteiger charge is 2.26. The third-order valence-corrected chi connectivity index (χ3v) is 8.16. The van der Waals surface area contributed by atoms with Crippen LogP contribution in [0.4, 0.5) is 4.39 Å². The van der Waals surface area contributed by atoms with Crippen molar-refractivity contribution in [2.24, 2.45) is 5.92 Å². The third-order valence-electron chi connectivity index (χ3n) is 8.16. The molecular weight excluding hydrogens is 537 g/mol. The average Bonchev–Trinajstić information content (AvgIpc) is 3.68. The smallest absolute Gasteiger partial charge is 0.251 e. The van der Waals surface area contributed by atoms with Crippen molar-refractivity contribution >= 4 is 11.8 Å². The molecule has 2 amide bonds. The Balaban J connectivity index is 1.00. The lowest BCUT2D eigenvalue weighted by molar-refractivity contribution is -0.134. The molecule has 1 saturated carbocycles. The SMILES string of the molecule is Cc1cccc(C(=O)N[C@H](C)C(=O)N2CCN(CCCOc3ccc(-c4noc(CC5CCCC5)n4)c(F)c3)CC2)c1. The molecule has 1 N–H and O–H groups in total. The molecule has 9 nitrogen and oxygen atoms in total. The number of carbonyl (C=O) groups excluding carboxylic acids is 2. The van der Waals surface area contributed by atoms with Gasteiger partial charge in [0.15, 0.2) is 0 Å². The first-order valence-corrected chi connectivity index (χ1v) is 15.0. The number of aromatic nitrogens is 2. The maximum atomic E-state index is 14.8. The molecular formula is C32H40FN5O4. The van der Waals surface area contributed by atoms with E-state index in [9.17, 15) is 14.0 Å². The summed E-state index contributed by atoms with van der Waals surface area (Å²) < 4.78 is 26.0. The molecule has 2 fully saturated rings. The summed E-state index contributed by atoms with van der Waals surface area (Å²) in [7, 11) is 0. The molecule has 2 heterocycles. The second-order valence-electron chi connectivity index (χ2n) is 11.4. The van der Waals surface area contributed by atoms with Crippen LogP contribution in [0.15, 0.2) is 47.0 Å². The molecule has 10 heteroatoms. The van der Waals surface area contributed by atoms with E-state index >= 15 is 0 Å². The van der Waals surface area contributed by atoms with Gasteiger partial charge in [0.05, 0.1) is 12.2 Å². The van der Waals surface area contributed by atoms with Gasteiger partial charge in [0.1, 0.15) is 17.6 Å². The maximum Gasteiger partial charge on any atom is 0.251 e. The molecule has 2 aliphatic rings. The van der Waals surface area contributed by atoms with Crippen LogP contribution >= 0.6 is 0 Å². The van der Waals surface area contributed by atoms with Gasteiger partial charge in [-0.15, -0.1) is 0 Å². The zero-order chi connectivity index (χ0) is 29.5. The lowest BCUT2D eigenvalue weighted by Gasteiger charge is -2.36. The largest absolute Gasteiger partial charge is 0.493 e. The van der Waals surface area contributed by atoms with E-state index in [1.165, 1.54) is 31.7 Å². The number of benzene rings is 2. The zero-order valence-electron chi connectivity index (χ0n) is 24.5. The summed E-state index contributed by atoms with van der Waals surface area (Å²) in [6.07, 6.45) is 6.39. The highest BCUT2D eigenvalue weighted by atomic mass is 19.1. The molecule has 1 aliphatic heterocycles. The van der Waals surface area contributed by atoms with E-state index in [0.29, 0.717) is 48.4 Å². The predicted molar refractivity (Wildman–Crippen MR) is 157 cm³/mol. The van der Waals surface area contributed by atoms with Crippen LogP contribution in [0.1, 0.15) is 60.8 Å². The number of hydrogen-bond acceptors (Lipinski definition) is 7. The van der Waals surface area contributed by atoms with Gasteiger partial charge in [-0.25, -0.2) is 4.39 Å².